The lowest BCUT2D eigenvalue weighted by Gasteiger charge is -2.15. The molecule has 0 aliphatic heterocycles. The second-order valence-electron chi connectivity index (χ2n) is 4.42. The number of aliphatic hydroxyl groups excluding tert-OH is 2. The highest BCUT2D eigenvalue weighted by atomic mass is 16.3. The molecule has 1 aliphatic rings. The predicted octanol–water partition coefficient (Wildman–Crippen LogP) is 1.01. The number of nitrogens with one attached hydrogen (secondary N) is 1. The van der Waals surface area contributed by atoms with Gasteiger partial charge in [0.25, 0.3) is 0 Å². The Morgan fingerprint density at radius 2 is 1.88 bits per heavy atom. The van der Waals surface area contributed by atoms with Crippen LogP contribution in [0.1, 0.15) is 29.9 Å². The minimum Gasteiger partial charge on any atom is -0.395 e. The first kappa shape index (κ1) is 11.6. The maximum absolute atomic E-state index is 8.97. The van der Waals surface area contributed by atoms with E-state index in [4.69, 9.17) is 10.2 Å². The summed E-state index contributed by atoms with van der Waals surface area (Å²) in [6, 6.07) is 8.20. The van der Waals surface area contributed by atoms with Crippen LogP contribution in [0, 0.1) is 0 Å². The van der Waals surface area contributed by atoms with Gasteiger partial charge in [0, 0.05) is 6.54 Å². The van der Waals surface area contributed by atoms with Crippen molar-refractivity contribution in [1.29, 1.82) is 0 Å². The molecule has 0 bridgehead atoms. The first-order valence-electron chi connectivity index (χ1n) is 5.88. The average Bonchev–Trinajstić information content (AvgIpc) is 3.15. The van der Waals surface area contributed by atoms with Gasteiger partial charge in [0.2, 0.25) is 0 Å². The van der Waals surface area contributed by atoms with Gasteiger partial charge in [-0.2, -0.15) is 0 Å². The van der Waals surface area contributed by atoms with Gasteiger partial charge in [-0.25, -0.2) is 0 Å². The highest BCUT2D eigenvalue weighted by Crippen LogP contribution is 2.41. The van der Waals surface area contributed by atoms with E-state index in [1.807, 2.05) is 6.07 Å². The summed E-state index contributed by atoms with van der Waals surface area (Å²) in [5.41, 5.74) is 2.71. The van der Waals surface area contributed by atoms with Crippen LogP contribution >= 0.6 is 0 Å². The summed E-state index contributed by atoms with van der Waals surface area (Å²) in [5, 5.41) is 21.1. The van der Waals surface area contributed by atoms with Gasteiger partial charge in [-0.05, 0) is 29.9 Å². The Balaban J connectivity index is 1.97. The van der Waals surface area contributed by atoms with Gasteiger partial charge in [0.05, 0.1) is 19.3 Å². The van der Waals surface area contributed by atoms with Crippen LogP contribution in [0.5, 0.6) is 0 Å². The summed E-state index contributed by atoms with van der Waals surface area (Å²) >= 11 is 0. The number of hydrogen-bond donors (Lipinski definition) is 3. The Kier molecular flexibility index (Phi) is 3.93. The van der Waals surface area contributed by atoms with Gasteiger partial charge >= 0.3 is 0 Å². The molecule has 0 spiro atoms. The normalized spacial score (nSPS) is 15.7. The van der Waals surface area contributed by atoms with E-state index in [1.54, 1.807) is 0 Å². The highest BCUT2D eigenvalue weighted by molar-refractivity contribution is 5.33. The molecule has 3 heteroatoms. The Hall–Kier alpha value is -0.900. The highest BCUT2D eigenvalue weighted by Gasteiger charge is 2.25. The molecule has 0 amide bonds. The van der Waals surface area contributed by atoms with Crippen LogP contribution in [-0.2, 0) is 6.54 Å². The number of benzene rings is 1. The van der Waals surface area contributed by atoms with Crippen LogP contribution in [0.15, 0.2) is 24.3 Å². The molecule has 0 atom stereocenters. The molecule has 0 saturated heterocycles. The van der Waals surface area contributed by atoms with Crippen molar-refractivity contribution in [3.8, 4) is 0 Å². The molecule has 16 heavy (non-hydrogen) atoms. The summed E-state index contributed by atoms with van der Waals surface area (Å²) in [6.45, 7) is 0.669. The zero-order valence-corrected chi connectivity index (χ0v) is 9.39. The lowest BCUT2D eigenvalue weighted by atomic mass is 10.0. The summed E-state index contributed by atoms with van der Waals surface area (Å²) in [4.78, 5) is 0. The van der Waals surface area contributed by atoms with Crippen LogP contribution in [0.25, 0.3) is 0 Å². The van der Waals surface area contributed by atoms with Crippen LogP contribution < -0.4 is 5.32 Å². The Morgan fingerprint density at radius 3 is 2.50 bits per heavy atom. The number of aliphatic hydroxyl groups is 2. The topological polar surface area (TPSA) is 52.5 Å². The van der Waals surface area contributed by atoms with Crippen molar-refractivity contribution in [1.82, 2.24) is 5.32 Å². The smallest absolute Gasteiger partial charge is 0.0607 e. The maximum atomic E-state index is 8.97. The van der Waals surface area contributed by atoms with E-state index >= 15 is 0 Å². The molecule has 0 aromatic heterocycles. The lowest BCUT2D eigenvalue weighted by molar-refractivity contribution is 0.170. The Bertz CT molecular complexity index is 332. The fourth-order valence-corrected chi connectivity index (χ4v) is 1.93. The molecule has 1 aromatic rings. The van der Waals surface area contributed by atoms with Gasteiger partial charge in [-0.15, -0.1) is 0 Å². The molecule has 3 nitrogen and oxygen atoms in total. The van der Waals surface area contributed by atoms with E-state index in [2.05, 4.69) is 23.5 Å². The van der Waals surface area contributed by atoms with E-state index in [9.17, 15) is 0 Å². The maximum Gasteiger partial charge on any atom is 0.0607 e. The first-order valence-corrected chi connectivity index (χ1v) is 5.88. The molecule has 2 rings (SSSR count). The van der Waals surface area contributed by atoms with Gasteiger partial charge in [-0.3, -0.25) is 0 Å². The predicted molar refractivity (Wildman–Crippen MR) is 63.2 cm³/mol. The zero-order valence-electron chi connectivity index (χ0n) is 9.39. The minimum atomic E-state index is -0.216. The number of rotatable bonds is 6. The van der Waals surface area contributed by atoms with Crippen LogP contribution in [0.4, 0.5) is 0 Å². The monoisotopic (exact) mass is 221 g/mol. The SMILES string of the molecule is OCC(CO)NCc1ccccc1C1CC1. The third kappa shape index (κ3) is 2.82. The molecule has 0 radical (unpaired) electrons. The number of hydrogen-bond acceptors (Lipinski definition) is 3. The van der Waals surface area contributed by atoms with Crippen LogP contribution in [0.2, 0.25) is 0 Å². The molecule has 1 aromatic carbocycles. The largest absolute Gasteiger partial charge is 0.395 e. The van der Waals surface area contributed by atoms with Crippen molar-refractivity contribution in [3.05, 3.63) is 35.4 Å². The van der Waals surface area contributed by atoms with Crippen LogP contribution in [-0.4, -0.2) is 29.5 Å². The molecule has 1 aliphatic carbocycles. The standard InChI is InChI=1S/C13H19NO2/c15-8-12(9-16)14-7-11-3-1-2-4-13(11)10-5-6-10/h1-4,10,12,14-16H,5-9H2. The van der Waals surface area contributed by atoms with Crippen molar-refractivity contribution in [3.63, 3.8) is 0 Å². The molecule has 1 saturated carbocycles. The van der Waals surface area contributed by atoms with Crippen molar-refractivity contribution in [2.75, 3.05) is 13.2 Å². The molecule has 3 N–H and O–H groups in total. The van der Waals surface area contributed by atoms with Gasteiger partial charge in [-0.1, -0.05) is 24.3 Å². The van der Waals surface area contributed by atoms with Crippen molar-refractivity contribution in [2.24, 2.45) is 0 Å². The summed E-state index contributed by atoms with van der Waals surface area (Å²) < 4.78 is 0. The average molecular weight is 221 g/mol. The van der Waals surface area contributed by atoms with Gasteiger partial charge in [0.1, 0.15) is 0 Å². The van der Waals surface area contributed by atoms with Crippen molar-refractivity contribution in [2.45, 2.75) is 31.3 Å². The van der Waals surface area contributed by atoms with Gasteiger partial charge in [0.15, 0.2) is 0 Å². The molecule has 1 fully saturated rings. The molecule has 0 unspecified atom stereocenters. The fraction of sp³-hybridized carbons (Fsp3) is 0.538. The Labute approximate surface area is 96.1 Å². The molecule has 0 heterocycles. The van der Waals surface area contributed by atoms with E-state index in [0.29, 0.717) is 0 Å². The second-order valence-corrected chi connectivity index (χ2v) is 4.42. The summed E-state index contributed by atoms with van der Waals surface area (Å²) in [5.74, 6) is 0.736. The summed E-state index contributed by atoms with van der Waals surface area (Å²) in [7, 11) is 0. The van der Waals surface area contributed by atoms with Crippen molar-refractivity contribution < 1.29 is 10.2 Å². The first-order chi connectivity index (χ1) is 7.85. The molecule has 88 valence electrons. The Morgan fingerprint density at radius 1 is 1.19 bits per heavy atom. The quantitative estimate of drug-likeness (QED) is 0.672. The van der Waals surface area contributed by atoms with E-state index < -0.39 is 0 Å². The van der Waals surface area contributed by atoms with Gasteiger partial charge < -0.3 is 15.5 Å². The summed E-state index contributed by atoms with van der Waals surface area (Å²) in [6.07, 6.45) is 2.58. The molecular weight excluding hydrogens is 202 g/mol. The van der Waals surface area contributed by atoms with Crippen molar-refractivity contribution >= 4 is 0 Å². The third-order valence-electron chi connectivity index (χ3n) is 3.09. The lowest BCUT2D eigenvalue weighted by Crippen LogP contribution is -2.35. The van der Waals surface area contributed by atoms with E-state index in [1.165, 1.54) is 24.0 Å². The molecular formula is C13H19NO2. The minimum absolute atomic E-state index is 0.0257. The van der Waals surface area contributed by atoms with E-state index in [0.717, 1.165) is 12.5 Å². The van der Waals surface area contributed by atoms with Crippen LogP contribution in [0.3, 0.4) is 0 Å². The fourth-order valence-electron chi connectivity index (χ4n) is 1.93. The zero-order chi connectivity index (χ0) is 11.4. The third-order valence-corrected chi connectivity index (χ3v) is 3.09. The second kappa shape index (κ2) is 5.43. The van der Waals surface area contributed by atoms with E-state index in [-0.39, 0.29) is 19.3 Å².